The molecule has 0 radical (unpaired) electrons. The Morgan fingerprint density at radius 1 is 1.53 bits per heavy atom. The molecule has 0 bridgehead atoms. The molecule has 2 rings (SSSR count). The van der Waals surface area contributed by atoms with Gasteiger partial charge in [0.05, 0.1) is 6.04 Å². The molecule has 2 N–H and O–H groups in total. The molecule has 0 amide bonds. The second-order valence-corrected chi connectivity index (χ2v) is 5.10. The van der Waals surface area contributed by atoms with Crippen LogP contribution in [0.5, 0.6) is 0 Å². The van der Waals surface area contributed by atoms with Crippen molar-refractivity contribution in [1.29, 1.82) is 0 Å². The average molecular weight is 227 g/mol. The maximum Gasteiger partial charge on any atom is 0.277 e. The molecule has 82 valence electrons. The Morgan fingerprint density at radius 2 is 2.33 bits per heavy atom. The van der Waals surface area contributed by atoms with Crippen molar-refractivity contribution in [2.24, 2.45) is 5.14 Å². The van der Waals surface area contributed by atoms with Crippen LogP contribution in [0.3, 0.4) is 0 Å². The molecule has 15 heavy (non-hydrogen) atoms. The van der Waals surface area contributed by atoms with Crippen LogP contribution in [0.4, 0.5) is 0 Å². The highest BCUT2D eigenvalue weighted by Gasteiger charge is 2.32. The lowest BCUT2D eigenvalue weighted by atomic mass is 10.1. The van der Waals surface area contributed by atoms with E-state index in [0.717, 1.165) is 18.4 Å². The minimum atomic E-state index is -3.59. The second kappa shape index (κ2) is 3.88. The summed E-state index contributed by atoms with van der Waals surface area (Å²) in [5, 5.41) is 5.15. The molecule has 0 aliphatic carbocycles. The van der Waals surface area contributed by atoms with Gasteiger partial charge in [0, 0.05) is 18.9 Å². The zero-order valence-electron chi connectivity index (χ0n) is 8.20. The minimum absolute atomic E-state index is 0.145. The van der Waals surface area contributed by atoms with Gasteiger partial charge >= 0.3 is 0 Å². The highest BCUT2D eigenvalue weighted by molar-refractivity contribution is 7.86. The molecule has 1 aromatic rings. The van der Waals surface area contributed by atoms with E-state index in [1.54, 1.807) is 18.5 Å². The molecular formula is C9H13N3O2S. The lowest BCUT2D eigenvalue weighted by molar-refractivity contribution is 0.397. The maximum absolute atomic E-state index is 11.3. The van der Waals surface area contributed by atoms with Crippen LogP contribution in [0, 0.1) is 0 Å². The average Bonchev–Trinajstić information content (AvgIpc) is 2.67. The number of nitrogens with zero attached hydrogens (tertiary/aromatic N) is 2. The highest BCUT2D eigenvalue weighted by atomic mass is 32.2. The summed E-state index contributed by atoms with van der Waals surface area (Å²) in [6, 6.07) is 3.53. The molecule has 1 unspecified atom stereocenters. The minimum Gasteiger partial charge on any atom is -0.264 e. The van der Waals surface area contributed by atoms with E-state index in [2.05, 4.69) is 4.98 Å². The zero-order chi connectivity index (χ0) is 10.9. The Balaban J connectivity index is 2.30. The first-order valence-electron chi connectivity index (χ1n) is 4.78. The van der Waals surface area contributed by atoms with Crippen molar-refractivity contribution in [3.63, 3.8) is 0 Å². The van der Waals surface area contributed by atoms with Crippen LogP contribution in [0.1, 0.15) is 24.4 Å². The van der Waals surface area contributed by atoms with Gasteiger partial charge in [0.1, 0.15) is 0 Å². The molecular weight excluding hydrogens is 214 g/mol. The smallest absolute Gasteiger partial charge is 0.264 e. The topological polar surface area (TPSA) is 76.3 Å². The summed E-state index contributed by atoms with van der Waals surface area (Å²) >= 11 is 0. The zero-order valence-corrected chi connectivity index (χ0v) is 9.02. The van der Waals surface area contributed by atoms with Crippen LogP contribution in [0.2, 0.25) is 0 Å². The Morgan fingerprint density at radius 3 is 2.93 bits per heavy atom. The van der Waals surface area contributed by atoms with Gasteiger partial charge in [-0.15, -0.1) is 0 Å². The number of hydrogen-bond acceptors (Lipinski definition) is 3. The van der Waals surface area contributed by atoms with Crippen molar-refractivity contribution >= 4 is 10.2 Å². The SMILES string of the molecule is NS(=O)(=O)N1CCCC1c1cccnc1. The first-order chi connectivity index (χ1) is 7.09. The molecule has 0 aromatic carbocycles. The summed E-state index contributed by atoms with van der Waals surface area (Å²) in [7, 11) is -3.59. The van der Waals surface area contributed by atoms with Gasteiger partial charge in [-0.05, 0) is 24.5 Å². The lowest BCUT2D eigenvalue weighted by Crippen LogP contribution is -2.36. The van der Waals surface area contributed by atoms with Crippen molar-refractivity contribution < 1.29 is 8.42 Å². The number of pyridine rings is 1. The van der Waals surface area contributed by atoms with Crippen molar-refractivity contribution in [1.82, 2.24) is 9.29 Å². The number of hydrogen-bond donors (Lipinski definition) is 1. The summed E-state index contributed by atoms with van der Waals surface area (Å²) in [6.07, 6.45) is 5.01. The molecule has 1 saturated heterocycles. The lowest BCUT2D eigenvalue weighted by Gasteiger charge is -2.21. The van der Waals surface area contributed by atoms with E-state index >= 15 is 0 Å². The van der Waals surface area contributed by atoms with Gasteiger partial charge < -0.3 is 0 Å². The highest BCUT2D eigenvalue weighted by Crippen LogP contribution is 2.32. The van der Waals surface area contributed by atoms with Crippen molar-refractivity contribution in [3.05, 3.63) is 30.1 Å². The summed E-state index contributed by atoms with van der Waals surface area (Å²) < 4.78 is 23.9. The van der Waals surface area contributed by atoms with Crippen LogP contribution in [-0.4, -0.2) is 24.3 Å². The van der Waals surface area contributed by atoms with Crippen LogP contribution >= 0.6 is 0 Å². The first-order valence-corrected chi connectivity index (χ1v) is 6.29. The quantitative estimate of drug-likeness (QED) is 0.795. The fraction of sp³-hybridized carbons (Fsp3) is 0.444. The van der Waals surface area contributed by atoms with Gasteiger partial charge in [-0.25, -0.2) is 5.14 Å². The third-order valence-electron chi connectivity index (χ3n) is 2.60. The van der Waals surface area contributed by atoms with E-state index in [-0.39, 0.29) is 6.04 Å². The third-order valence-corrected chi connectivity index (χ3v) is 3.69. The van der Waals surface area contributed by atoms with E-state index in [0.29, 0.717) is 6.54 Å². The standard InChI is InChI=1S/C9H13N3O2S/c10-15(13,14)12-6-2-4-9(12)8-3-1-5-11-7-8/h1,3,5,7,9H,2,4,6H2,(H2,10,13,14). The summed E-state index contributed by atoms with van der Waals surface area (Å²) in [4.78, 5) is 3.98. The van der Waals surface area contributed by atoms with E-state index in [9.17, 15) is 8.42 Å². The van der Waals surface area contributed by atoms with Crippen molar-refractivity contribution in [2.45, 2.75) is 18.9 Å². The van der Waals surface area contributed by atoms with Gasteiger partial charge in [0.25, 0.3) is 10.2 Å². The molecule has 1 aliphatic heterocycles. The van der Waals surface area contributed by atoms with E-state index < -0.39 is 10.2 Å². The van der Waals surface area contributed by atoms with Gasteiger partial charge in [-0.1, -0.05) is 6.07 Å². The van der Waals surface area contributed by atoms with Crippen LogP contribution in [0.25, 0.3) is 0 Å². The molecule has 2 heterocycles. The molecule has 5 nitrogen and oxygen atoms in total. The first kappa shape index (κ1) is 10.5. The molecule has 1 aromatic heterocycles. The summed E-state index contributed by atoms with van der Waals surface area (Å²) in [5.41, 5.74) is 0.907. The predicted molar refractivity (Wildman–Crippen MR) is 56.0 cm³/mol. The molecule has 1 aliphatic rings. The van der Waals surface area contributed by atoms with Crippen molar-refractivity contribution in [2.75, 3.05) is 6.54 Å². The fourth-order valence-electron chi connectivity index (χ4n) is 1.95. The van der Waals surface area contributed by atoms with Gasteiger partial charge in [0.15, 0.2) is 0 Å². The maximum atomic E-state index is 11.3. The predicted octanol–water partition coefficient (Wildman–Crippen LogP) is 0.422. The Hall–Kier alpha value is -0.980. The Bertz CT molecular complexity index is 432. The Labute approximate surface area is 89.1 Å². The van der Waals surface area contributed by atoms with Crippen LogP contribution in [0.15, 0.2) is 24.5 Å². The van der Waals surface area contributed by atoms with Gasteiger partial charge in [-0.3, -0.25) is 4.98 Å². The molecule has 1 atom stereocenters. The summed E-state index contributed by atoms with van der Waals surface area (Å²) in [5.74, 6) is 0. The van der Waals surface area contributed by atoms with Crippen LogP contribution in [-0.2, 0) is 10.2 Å². The number of nitrogens with two attached hydrogens (primary N) is 1. The largest absolute Gasteiger partial charge is 0.277 e. The third kappa shape index (κ3) is 2.17. The van der Waals surface area contributed by atoms with Crippen LogP contribution < -0.4 is 5.14 Å². The van der Waals surface area contributed by atoms with Gasteiger partial charge in [0.2, 0.25) is 0 Å². The van der Waals surface area contributed by atoms with E-state index in [4.69, 9.17) is 5.14 Å². The molecule has 0 spiro atoms. The number of rotatable bonds is 2. The Kier molecular flexibility index (Phi) is 2.72. The summed E-state index contributed by atoms with van der Waals surface area (Å²) in [6.45, 7) is 0.498. The fourth-order valence-corrected chi connectivity index (χ4v) is 2.92. The second-order valence-electron chi connectivity index (χ2n) is 3.60. The number of aromatic nitrogens is 1. The molecule has 1 fully saturated rings. The van der Waals surface area contributed by atoms with E-state index in [1.165, 1.54) is 4.31 Å². The molecule has 6 heteroatoms. The van der Waals surface area contributed by atoms with Gasteiger partial charge in [-0.2, -0.15) is 12.7 Å². The monoisotopic (exact) mass is 227 g/mol. The normalized spacial score (nSPS) is 23.1. The molecule has 0 saturated carbocycles. The van der Waals surface area contributed by atoms with E-state index in [1.807, 2.05) is 6.07 Å². The van der Waals surface area contributed by atoms with Crippen molar-refractivity contribution in [3.8, 4) is 0 Å².